The summed E-state index contributed by atoms with van der Waals surface area (Å²) in [5, 5.41) is 3.41. The lowest BCUT2D eigenvalue weighted by Crippen LogP contribution is -2.18. The largest absolute Gasteiger partial charge is 0.370 e. The number of rotatable bonds is 7. The Bertz CT molecular complexity index is 921. The minimum Gasteiger partial charge on any atom is -0.370 e. The van der Waals surface area contributed by atoms with Crippen LogP contribution in [0.4, 0.5) is 5.82 Å². The van der Waals surface area contributed by atoms with Gasteiger partial charge in [0.25, 0.3) is 0 Å². The average molecular weight is 349 g/mol. The molecule has 3 rings (SSSR count). The van der Waals surface area contributed by atoms with E-state index in [4.69, 9.17) is 0 Å². The SMILES string of the molecule is Cc1nc(-c2ccncc2)nc(NCCCCn2ccccc2=O)c1C. The van der Waals surface area contributed by atoms with Crippen LogP contribution in [0, 0.1) is 13.8 Å². The van der Waals surface area contributed by atoms with Crippen molar-refractivity contribution in [2.45, 2.75) is 33.2 Å². The molecule has 0 saturated carbocycles. The lowest BCUT2D eigenvalue weighted by Gasteiger charge is -2.12. The summed E-state index contributed by atoms with van der Waals surface area (Å²) in [6.07, 6.45) is 7.19. The summed E-state index contributed by atoms with van der Waals surface area (Å²) in [6.45, 7) is 5.55. The molecule has 3 aromatic heterocycles. The first-order valence-corrected chi connectivity index (χ1v) is 8.80. The van der Waals surface area contributed by atoms with Crippen LogP contribution in [0.15, 0.2) is 53.7 Å². The highest BCUT2D eigenvalue weighted by molar-refractivity contribution is 5.59. The van der Waals surface area contributed by atoms with Crippen LogP contribution in [-0.4, -0.2) is 26.1 Å². The Balaban J connectivity index is 1.60. The highest BCUT2D eigenvalue weighted by Gasteiger charge is 2.09. The van der Waals surface area contributed by atoms with Crippen molar-refractivity contribution in [3.05, 3.63) is 70.5 Å². The summed E-state index contributed by atoms with van der Waals surface area (Å²) in [5.41, 5.74) is 3.02. The summed E-state index contributed by atoms with van der Waals surface area (Å²) in [6, 6.07) is 9.05. The summed E-state index contributed by atoms with van der Waals surface area (Å²) in [7, 11) is 0. The molecule has 0 saturated heterocycles. The van der Waals surface area contributed by atoms with Crippen LogP contribution >= 0.6 is 0 Å². The maximum Gasteiger partial charge on any atom is 0.250 e. The van der Waals surface area contributed by atoms with Crippen LogP contribution in [0.2, 0.25) is 0 Å². The minimum absolute atomic E-state index is 0.0460. The Hall–Kier alpha value is -3.02. The van der Waals surface area contributed by atoms with E-state index in [1.165, 1.54) is 0 Å². The van der Waals surface area contributed by atoms with Gasteiger partial charge in [-0.05, 0) is 44.9 Å². The number of anilines is 1. The van der Waals surface area contributed by atoms with Crippen molar-refractivity contribution in [2.24, 2.45) is 0 Å². The van der Waals surface area contributed by atoms with Gasteiger partial charge in [0.15, 0.2) is 5.82 Å². The molecule has 26 heavy (non-hydrogen) atoms. The molecule has 0 spiro atoms. The fourth-order valence-electron chi connectivity index (χ4n) is 2.69. The van der Waals surface area contributed by atoms with Crippen LogP contribution in [-0.2, 0) is 6.54 Å². The number of hydrogen-bond acceptors (Lipinski definition) is 5. The molecule has 1 N–H and O–H groups in total. The number of nitrogens with zero attached hydrogens (tertiary/aromatic N) is 4. The number of pyridine rings is 2. The molecule has 0 amide bonds. The van der Waals surface area contributed by atoms with Crippen LogP contribution in [0.25, 0.3) is 11.4 Å². The zero-order valence-corrected chi connectivity index (χ0v) is 15.1. The second-order valence-electron chi connectivity index (χ2n) is 6.21. The topological polar surface area (TPSA) is 72.7 Å². The molecule has 3 heterocycles. The number of nitrogens with one attached hydrogen (secondary N) is 1. The maximum absolute atomic E-state index is 11.7. The molecule has 0 aliphatic rings. The predicted molar refractivity (Wildman–Crippen MR) is 103 cm³/mol. The maximum atomic E-state index is 11.7. The van der Waals surface area contributed by atoms with Crippen LogP contribution < -0.4 is 10.9 Å². The smallest absolute Gasteiger partial charge is 0.250 e. The molecule has 0 bridgehead atoms. The highest BCUT2D eigenvalue weighted by Crippen LogP contribution is 2.21. The van der Waals surface area contributed by atoms with Crippen LogP contribution in [0.1, 0.15) is 24.1 Å². The number of hydrogen-bond donors (Lipinski definition) is 1. The highest BCUT2D eigenvalue weighted by atomic mass is 16.1. The molecule has 0 aliphatic heterocycles. The third kappa shape index (κ3) is 4.33. The van der Waals surface area contributed by atoms with Gasteiger partial charge < -0.3 is 9.88 Å². The van der Waals surface area contributed by atoms with Gasteiger partial charge in [0.1, 0.15) is 5.82 Å². The number of aryl methyl sites for hydroxylation is 2. The normalized spacial score (nSPS) is 10.7. The molecule has 0 aliphatic carbocycles. The molecule has 0 aromatic carbocycles. The van der Waals surface area contributed by atoms with Gasteiger partial charge in [-0.2, -0.15) is 0 Å². The van der Waals surface area contributed by atoms with Gasteiger partial charge >= 0.3 is 0 Å². The van der Waals surface area contributed by atoms with Gasteiger partial charge in [-0.15, -0.1) is 0 Å². The third-order valence-corrected chi connectivity index (χ3v) is 4.34. The molecule has 6 nitrogen and oxygen atoms in total. The Morgan fingerprint density at radius 2 is 1.85 bits per heavy atom. The van der Waals surface area contributed by atoms with E-state index in [0.29, 0.717) is 5.82 Å². The fourth-order valence-corrected chi connectivity index (χ4v) is 2.69. The minimum atomic E-state index is 0.0460. The second kappa shape index (κ2) is 8.38. The van der Waals surface area contributed by atoms with E-state index in [9.17, 15) is 4.79 Å². The monoisotopic (exact) mass is 349 g/mol. The zero-order valence-electron chi connectivity index (χ0n) is 15.1. The Morgan fingerprint density at radius 3 is 2.62 bits per heavy atom. The van der Waals surface area contributed by atoms with Crippen molar-refractivity contribution in [1.82, 2.24) is 19.5 Å². The third-order valence-electron chi connectivity index (χ3n) is 4.34. The molecule has 3 aromatic rings. The van der Waals surface area contributed by atoms with Crippen LogP contribution in [0.3, 0.4) is 0 Å². The first kappa shape index (κ1) is 17.8. The molecule has 134 valence electrons. The Morgan fingerprint density at radius 1 is 1.04 bits per heavy atom. The van der Waals surface area contributed by atoms with E-state index in [1.54, 1.807) is 29.1 Å². The number of unbranched alkanes of at least 4 members (excludes halogenated alkanes) is 1. The van der Waals surface area contributed by atoms with Crippen molar-refractivity contribution < 1.29 is 0 Å². The van der Waals surface area contributed by atoms with Gasteiger partial charge in [-0.1, -0.05) is 6.07 Å². The van der Waals surface area contributed by atoms with Crippen molar-refractivity contribution in [3.8, 4) is 11.4 Å². The predicted octanol–water partition coefficient (Wildman–Crippen LogP) is 3.21. The van der Waals surface area contributed by atoms with E-state index in [-0.39, 0.29) is 5.56 Å². The van der Waals surface area contributed by atoms with Gasteiger partial charge in [-0.3, -0.25) is 9.78 Å². The van der Waals surface area contributed by atoms with Crippen molar-refractivity contribution >= 4 is 5.82 Å². The van der Waals surface area contributed by atoms with Gasteiger partial charge in [0, 0.05) is 54.6 Å². The number of aromatic nitrogens is 4. The Kier molecular flexibility index (Phi) is 5.73. The molecular weight excluding hydrogens is 326 g/mol. The lowest BCUT2D eigenvalue weighted by molar-refractivity contribution is 0.604. The first-order valence-electron chi connectivity index (χ1n) is 8.80. The standard InChI is InChI=1S/C20H23N5O/c1-15-16(2)23-20(17-8-11-21-12-9-17)24-19(15)22-10-4-6-14-25-13-5-3-7-18(25)26/h3,5,7-9,11-13H,4,6,10,14H2,1-2H3,(H,22,23,24). The summed E-state index contributed by atoms with van der Waals surface area (Å²) in [5.74, 6) is 1.56. The molecule has 0 radical (unpaired) electrons. The van der Waals surface area contributed by atoms with Gasteiger partial charge in [-0.25, -0.2) is 9.97 Å². The van der Waals surface area contributed by atoms with E-state index in [2.05, 4.69) is 20.3 Å². The van der Waals surface area contributed by atoms with Crippen molar-refractivity contribution in [1.29, 1.82) is 0 Å². The molecule has 0 unspecified atom stereocenters. The summed E-state index contributed by atoms with van der Waals surface area (Å²) >= 11 is 0. The van der Waals surface area contributed by atoms with Crippen molar-refractivity contribution in [3.63, 3.8) is 0 Å². The average Bonchev–Trinajstić information content (AvgIpc) is 2.66. The molecule has 0 atom stereocenters. The van der Waals surface area contributed by atoms with E-state index in [0.717, 1.165) is 48.6 Å². The van der Waals surface area contributed by atoms with Crippen molar-refractivity contribution in [2.75, 3.05) is 11.9 Å². The molecule has 0 fully saturated rings. The van der Waals surface area contributed by atoms with E-state index in [1.807, 2.05) is 38.2 Å². The van der Waals surface area contributed by atoms with Gasteiger partial charge in [0.05, 0.1) is 0 Å². The van der Waals surface area contributed by atoms with Crippen LogP contribution in [0.5, 0.6) is 0 Å². The molecule has 6 heteroatoms. The Labute approximate surface area is 153 Å². The van der Waals surface area contributed by atoms with E-state index >= 15 is 0 Å². The second-order valence-corrected chi connectivity index (χ2v) is 6.21. The fraction of sp³-hybridized carbons (Fsp3) is 0.300. The lowest BCUT2D eigenvalue weighted by atomic mass is 10.2. The summed E-state index contributed by atoms with van der Waals surface area (Å²) < 4.78 is 1.74. The zero-order chi connectivity index (χ0) is 18.4. The van der Waals surface area contributed by atoms with Gasteiger partial charge in [0.2, 0.25) is 5.56 Å². The molecular formula is C20H23N5O. The quantitative estimate of drug-likeness (QED) is 0.663. The first-order chi connectivity index (χ1) is 12.6. The summed E-state index contributed by atoms with van der Waals surface area (Å²) in [4.78, 5) is 25.0. The van der Waals surface area contributed by atoms with E-state index < -0.39 is 0 Å².